The average molecular weight is 239 g/mol. The highest BCUT2D eigenvalue weighted by Gasteiger charge is 2.21. The quantitative estimate of drug-likeness (QED) is 0.698. The smallest absolute Gasteiger partial charge is 0.0829 e. The van der Waals surface area contributed by atoms with Crippen LogP contribution in [0.5, 0.6) is 0 Å². The molecule has 0 aromatic heterocycles. The van der Waals surface area contributed by atoms with E-state index in [1.165, 1.54) is 0 Å². The lowest BCUT2D eigenvalue weighted by atomic mass is 10.1. The van der Waals surface area contributed by atoms with Crippen molar-refractivity contribution in [2.24, 2.45) is 5.92 Å². The van der Waals surface area contributed by atoms with Gasteiger partial charge in [0.1, 0.15) is 0 Å². The lowest BCUT2D eigenvalue weighted by Crippen LogP contribution is -2.48. The normalized spacial score (nSPS) is 23.6. The Morgan fingerprint density at radius 2 is 2.29 bits per heavy atom. The Morgan fingerprint density at radius 1 is 1.53 bits per heavy atom. The highest BCUT2D eigenvalue weighted by atomic mass is 16.5. The van der Waals surface area contributed by atoms with Crippen LogP contribution < -0.4 is 0 Å². The van der Waals surface area contributed by atoms with Crippen LogP contribution in [-0.2, 0) is 4.74 Å². The molecule has 1 fully saturated rings. The number of hydrogen-bond acceptors (Lipinski definition) is 4. The molecule has 1 rings (SSSR count). The molecule has 0 aliphatic carbocycles. The summed E-state index contributed by atoms with van der Waals surface area (Å²) in [6.07, 6.45) is 0.301. The summed E-state index contributed by atoms with van der Waals surface area (Å²) in [5.41, 5.74) is 0. The third kappa shape index (κ3) is 5.03. The molecular weight excluding hydrogens is 214 g/mol. The molecule has 0 amide bonds. The molecule has 17 heavy (non-hydrogen) atoms. The minimum Gasteiger partial charge on any atom is -0.374 e. The molecule has 2 atom stereocenters. The predicted octanol–water partition coefficient (Wildman–Crippen LogP) is 1.19. The number of rotatable bonds is 6. The van der Waals surface area contributed by atoms with E-state index in [1.807, 2.05) is 6.92 Å². The summed E-state index contributed by atoms with van der Waals surface area (Å²) in [5, 5.41) is 8.85. The Balaban J connectivity index is 2.37. The van der Waals surface area contributed by atoms with Crippen molar-refractivity contribution >= 4 is 0 Å². The summed E-state index contributed by atoms with van der Waals surface area (Å²) in [6, 6.07) is 2.29. The highest BCUT2D eigenvalue weighted by Crippen LogP contribution is 2.08. The maximum atomic E-state index is 8.85. The number of morpholine rings is 1. The van der Waals surface area contributed by atoms with Gasteiger partial charge in [-0.3, -0.25) is 9.80 Å². The van der Waals surface area contributed by atoms with Gasteiger partial charge in [-0.2, -0.15) is 5.26 Å². The van der Waals surface area contributed by atoms with Crippen LogP contribution in [0.2, 0.25) is 0 Å². The van der Waals surface area contributed by atoms with Gasteiger partial charge in [-0.1, -0.05) is 13.8 Å². The zero-order chi connectivity index (χ0) is 12.7. The molecule has 0 aromatic carbocycles. The summed E-state index contributed by atoms with van der Waals surface area (Å²) in [6.45, 7) is 13.1. The van der Waals surface area contributed by atoms with E-state index in [0.29, 0.717) is 6.10 Å². The topological polar surface area (TPSA) is 39.5 Å². The molecule has 4 heteroatoms. The Hall–Kier alpha value is -0.630. The summed E-state index contributed by atoms with van der Waals surface area (Å²) < 4.78 is 5.79. The van der Waals surface area contributed by atoms with Gasteiger partial charge in [0.05, 0.1) is 24.7 Å². The monoisotopic (exact) mass is 239 g/mol. The van der Waals surface area contributed by atoms with Crippen molar-refractivity contribution < 1.29 is 4.74 Å². The number of nitriles is 1. The molecule has 0 spiro atoms. The Bertz CT molecular complexity index is 252. The highest BCUT2D eigenvalue weighted by molar-refractivity contribution is 4.83. The summed E-state index contributed by atoms with van der Waals surface area (Å²) in [7, 11) is 0. The molecule has 0 aromatic rings. The third-order valence-corrected chi connectivity index (χ3v) is 3.33. The fourth-order valence-electron chi connectivity index (χ4n) is 2.23. The van der Waals surface area contributed by atoms with E-state index in [4.69, 9.17) is 10.00 Å². The lowest BCUT2D eigenvalue weighted by Gasteiger charge is -2.35. The Morgan fingerprint density at radius 3 is 2.88 bits per heavy atom. The van der Waals surface area contributed by atoms with Crippen LogP contribution in [0.3, 0.4) is 0 Å². The first-order chi connectivity index (χ1) is 8.19. The maximum Gasteiger partial charge on any atom is 0.0829 e. The molecule has 0 bridgehead atoms. The molecule has 0 N–H and O–H groups in total. The fraction of sp³-hybridized carbons (Fsp3) is 0.923. The van der Waals surface area contributed by atoms with E-state index in [9.17, 15) is 0 Å². The average Bonchev–Trinajstić information content (AvgIpc) is 2.37. The van der Waals surface area contributed by atoms with E-state index >= 15 is 0 Å². The molecule has 2 unspecified atom stereocenters. The number of hydrogen-bond donors (Lipinski definition) is 0. The molecule has 98 valence electrons. The van der Waals surface area contributed by atoms with Crippen molar-refractivity contribution in [1.29, 1.82) is 5.26 Å². The van der Waals surface area contributed by atoms with Crippen LogP contribution in [0.4, 0.5) is 0 Å². The standard InChI is InChI=1S/C13H25N3O/c1-4-15-6-7-17-13(10-15)11-16(5-2)9-12(3)8-14/h12-13H,4-7,9-11H2,1-3H3. The number of likely N-dealkylation sites (N-methyl/N-ethyl adjacent to an activating group) is 2. The van der Waals surface area contributed by atoms with E-state index in [1.54, 1.807) is 0 Å². The molecular formula is C13H25N3O. The summed E-state index contributed by atoms with van der Waals surface area (Å²) in [5.74, 6) is 0.0980. The largest absolute Gasteiger partial charge is 0.374 e. The number of ether oxygens (including phenoxy) is 1. The minimum atomic E-state index is 0.0980. The first-order valence-electron chi connectivity index (χ1n) is 6.65. The van der Waals surface area contributed by atoms with Crippen molar-refractivity contribution in [2.45, 2.75) is 26.9 Å². The zero-order valence-corrected chi connectivity index (χ0v) is 11.4. The van der Waals surface area contributed by atoms with Gasteiger partial charge < -0.3 is 4.74 Å². The van der Waals surface area contributed by atoms with Gasteiger partial charge in [-0.25, -0.2) is 0 Å². The second-order valence-electron chi connectivity index (χ2n) is 4.77. The van der Waals surface area contributed by atoms with Crippen molar-refractivity contribution in [3.8, 4) is 6.07 Å². The summed E-state index contributed by atoms with van der Waals surface area (Å²) in [4.78, 5) is 4.74. The van der Waals surface area contributed by atoms with Gasteiger partial charge in [0.2, 0.25) is 0 Å². The first kappa shape index (κ1) is 14.4. The van der Waals surface area contributed by atoms with E-state index in [0.717, 1.165) is 45.9 Å². The first-order valence-corrected chi connectivity index (χ1v) is 6.65. The molecule has 0 saturated carbocycles. The van der Waals surface area contributed by atoms with Gasteiger partial charge >= 0.3 is 0 Å². The van der Waals surface area contributed by atoms with Crippen LogP contribution >= 0.6 is 0 Å². The van der Waals surface area contributed by atoms with Crippen LogP contribution in [0.15, 0.2) is 0 Å². The molecule has 1 heterocycles. The Labute approximate surface area is 105 Å². The molecule has 0 radical (unpaired) electrons. The van der Waals surface area contributed by atoms with Gasteiger partial charge in [0.25, 0.3) is 0 Å². The minimum absolute atomic E-state index is 0.0980. The van der Waals surface area contributed by atoms with Crippen molar-refractivity contribution in [2.75, 3.05) is 45.9 Å². The van der Waals surface area contributed by atoms with Crippen molar-refractivity contribution in [3.05, 3.63) is 0 Å². The van der Waals surface area contributed by atoms with Crippen LogP contribution in [-0.4, -0.2) is 61.8 Å². The molecule has 1 aliphatic heterocycles. The second-order valence-corrected chi connectivity index (χ2v) is 4.77. The van der Waals surface area contributed by atoms with Gasteiger partial charge in [0.15, 0.2) is 0 Å². The third-order valence-electron chi connectivity index (χ3n) is 3.33. The lowest BCUT2D eigenvalue weighted by molar-refractivity contribution is -0.0419. The summed E-state index contributed by atoms with van der Waals surface area (Å²) >= 11 is 0. The van der Waals surface area contributed by atoms with E-state index in [2.05, 4.69) is 29.7 Å². The Kier molecular flexibility index (Phi) is 6.49. The van der Waals surface area contributed by atoms with Crippen LogP contribution in [0.1, 0.15) is 20.8 Å². The van der Waals surface area contributed by atoms with E-state index < -0.39 is 0 Å². The number of nitrogens with zero attached hydrogens (tertiary/aromatic N) is 3. The second kappa shape index (κ2) is 7.65. The zero-order valence-electron chi connectivity index (χ0n) is 11.4. The van der Waals surface area contributed by atoms with Crippen LogP contribution in [0, 0.1) is 17.2 Å². The molecule has 1 saturated heterocycles. The van der Waals surface area contributed by atoms with Crippen LogP contribution in [0.25, 0.3) is 0 Å². The van der Waals surface area contributed by atoms with Gasteiger partial charge in [0, 0.05) is 26.2 Å². The predicted molar refractivity (Wildman–Crippen MR) is 68.7 cm³/mol. The van der Waals surface area contributed by atoms with Gasteiger partial charge in [-0.15, -0.1) is 0 Å². The van der Waals surface area contributed by atoms with Gasteiger partial charge in [-0.05, 0) is 20.0 Å². The van der Waals surface area contributed by atoms with E-state index in [-0.39, 0.29) is 5.92 Å². The van der Waals surface area contributed by atoms with Crippen molar-refractivity contribution in [1.82, 2.24) is 9.80 Å². The maximum absolute atomic E-state index is 8.85. The molecule has 1 aliphatic rings. The molecule has 4 nitrogen and oxygen atoms in total. The fourth-order valence-corrected chi connectivity index (χ4v) is 2.23. The SMILES string of the molecule is CCN1CCOC(CN(CC)CC(C)C#N)C1. The van der Waals surface area contributed by atoms with Crippen molar-refractivity contribution in [3.63, 3.8) is 0 Å².